The van der Waals surface area contributed by atoms with E-state index in [0.717, 1.165) is 38.4 Å². The number of hydrogen-bond donors (Lipinski definition) is 3. The number of amides is 2. The van der Waals surface area contributed by atoms with E-state index in [1.54, 1.807) is 25.2 Å². The van der Waals surface area contributed by atoms with E-state index in [9.17, 15) is 9.59 Å². The Kier molecular flexibility index (Phi) is 11.1. The summed E-state index contributed by atoms with van der Waals surface area (Å²) in [5.74, 6) is 3.57. The van der Waals surface area contributed by atoms with Crippen molar-refractivity contribution in [2.75, 3.05) is 38.5 Å². The molecule has 1 fully saturated rings. The van der Waals surface area contributed by atoms with E-state index in [1.165, 1.54) is 0 Å². The standard InChI is InChI=1S/C21H29N5O2.HI/c1-4-16-7-6-8-18(13-16)25-20(28)15-24-21(23-5-2)26-11-9-17(10-12-26)14-19(27)22-3;/h1,6-8,13,17H,5,9-12,14-15H2,2-3H3,(H,22,27)(H,23,24)(H,25,28);1H. The number of carbonyl (C=O) groups excluding carboxylic acids is 2. The number of carbonyl (C=O) groups is 2. The Morgan fingerprint density at radius 3 is 2.62 bits per heavy atom. The molecule has 0 atom stereocenters. The fourth-order valence-electron chi connectivity index (χ4n) is 3.17. The van der Waals surface area contributed by atoms with Crippen LogP contribution in [0.3, 0.4) is 0 Å². The predicted molar refractivity (Wildman–Crippen MR) is 127 cm³/mol. The highest BCUT2D eigenvalue weighted by atomic mass is 127. The van der Waals surface area contributed by atoms with Gasteiger partial charge < -0.3 is 20.9 Å². The number of halogens is 1. The highest BCUT2D eigenvalue weighted by Crippen LogP contribution is 2.20. The summed E-state index contributed by atoms with van der Waals surface area (Å²) < 4.78 is 0. The lowest BCUT2D eigenvalue weighted by Gasteiger charge is -2.34. The smallest absolute Gasteiger partial charge is 0.246 e. The summed E-state index contributed by atoms with van der Waals surface area (Å²) in [5, 5.41) is 8.75. The second-order valence-corrected chi connectivity index (χ2v) is 6.75. The first kappa shape index (κ1) is 24.8. The van der Waals surface area contributed by atoms with Crippen LogP contribution in [-0.2, 0) is 9.59 Å². The Labute approximate surface area is 190 Å². The van der Waals surface area contributed by atoms with Crippen LogP contribution in [-0.4, -0.2) is 55.9 Å². The monoisotopic (exact) mass is 511 g/mol. The minimum atomic E-state index is -0.195. The lowest BCUT2D eigenvalue weighted by atomic mass is 9.93. The Bertz CT molecular complexity index is 752. The number of anilines is 1. The van der Waals surface area contributed by atoms with Crippen LogP contribution in [0.2, 0.25) is 0 Å². The van der Waals surface area contributed by atoms with Crippen LogP contribution >= 0.6 is 24.0 Å². The Balaban J connectivity index is 0.00000420. The Morgan fingerprint density at radius 1 is 1.28 bits per heavy atom. The Hall–Kier alpha value is -2.28. The summed E-state index contributed by atoms with van der Waals surface area (Å²) in [4.78, 5) is 30.4. The van der Waals surface area contributed by atoms with Crippen molar-refractivity contribution in [1.82, 2.24) is 15.5 Å². The van der Waals surface area contributed by atoms with Crippen LogP contribution < -0.4 is 16.0 Å². The van der Waals surface area contributed by atoms with E-state index in [2.05, 4.69) is 31.8 Å². The molecule has 7 nitrogen and oxygen atoms in total. The van der Waals surface area contributed by atoms with Gasteiger partial charge in [-0.05, 0) is 43.9 Å². The lowest BCUT2D eigenvalue weighted by Crippen LogP contribution is -2.46. The molecule has 0 saturated carbocycles. The number of aliphatic imine (C=N–C) groups is 1. The van der Waals surface area contributed by atoms with E-state index < -0.39 is 0 Å². The minimum absolute atomic E-state index is 0. The molecule has 1 saturated heterocycles. The summed E-state index contributed by atoms with van der Waals surface area (Å²) >= 11 is 0. The molecule has 1 aromatic carbocycles. The maximum atomic E-state index is 12.2. The molecule has 3 N–H and O–H groups in total. The second-order valence-electron chi connectivity index (χ2n) is 6.75. The van der Waals surface area contributed by atoms with Gasteiger partial charge in [0.1, 0.15) is 6.54 Å². The van der Waals surface area contributed by atoms with Crippen LogP contribution in [0.1, 0.15) is 31.7 Å². The Morgan fingerprint density at radius 2 is 2.00 bits per heavy atom. The van der Waals surface area contributed by atoms with Gasteiger partial charge in [0.05, 0.1) is 0 Å². The SMILES string of the molecule is C#Cc1cccc(NC(=O)CN=C(NCC)N2CCC(CC(=O)NC)CC2)c1.I. The van der Waals surface area contributed by atoms with Crippen molar-refractivity contribution >= 4 is 47.4 Å². The van der Waals surface area contributed by atoms with Crippen LogP contribution in [0.25, 0.3) is 0 Å². The van der Waals surface area contributed by atoms with E-state index in [-0.39, 0.29) is 42.3 Å². The topological polar surface area (TPSA) is 85.8 Å². The first-order valence-electron chi connectivity index (χ1n) is 9.66. The second kappa shape index (κ2) is 13.0. The highest BCUT2D eigenvalue weighted by molar-refractivity contribution is 14.0. The maximum Gasteiger partial charge on any atom is 0.246 e. The average molecular weight is 511 g/mol. The van der Waals surface area contributed by atoms with E-state index >= 15 is 0 Å². The van der Waals surface area contributed by atoms with Crippen molar-refractivity contribution in [3.05, 3.63) is 29.8 Å². The van der Waals surface area contributed by atoms with Crippen molar-refractivity contribution in [2.24, 2.45) is 10.9 Å². The van der Waals surface area contributed by atoms with Crippen LogP contribution in [0.4, 0.5) is 5.69 Å². The summed E-state index contributed by atoms with van der Waals surface area (Å²) in [6, 6.07) is 7.17. The molecule has 0 radical (unpaired) electrons. The van der Waals surface area contributed by atoms with Crippen molar-refractivity contribution < 1.29 is 9.59 Å². The fourth-order valence-corrected chi connectivity index (χ4v) is 3.17. The third-order valence-corrected chi connectivity index (χ3v) is 4.69. The zero-order valence-corrected chi connectivity index (χ0v) is 19.4. The highest BCUT2D eigenvalue weighted by Gasteiger charge is 2.23. The van der Waals surface area contributed by atoms with Gasteiger partial charge in [0, 0.05) is 44.4 Å². The van der Waals surface area contributed by atoms with Crippen molar-refractivity contribution in [3.63, 3.8) is 0 Å². The molecule has 8 heteroatoms. The summed E-state index contributed by atoms with van der Waals surface area (Å²) in [5.41, 5.74) is 1.38. The molecule has 0 aromatic heterocycles. The quantitative estimate of drug-likeness (QED) is 0.236. The number of benzene rings is 1. The zero-order chi connectivity index (χ0) is 20.4. The van der Waals surface area contributed by atoms with Crippen molar-refractivity contribution in [3.8, 4) is 12.3 Å². The fraction of sp³-hybridized carbons (Fsp3) is 0.476. The normalized spacial score (nSPS) is 14.4. The van der Waals surface area contributed by atoms with Gasteiger partial charge in [-0.1, -0.05) is 12.0 Å². The molecule has 1 aliphatic rings. The van der Waals surface area contributed by atoms with Gasteiger partial charge in [-0.2, -0.15) is 0 Å². The minimum Gasteiger partial charge on any atom is -0.359 e. The molecule has 1 heterocycles. The van der Waals surface area contributed by atoms with E-state index in [1.807, 2.05) is 13.0 Å². The van der Waals surface area contributed by atoms with Gasteiger partial charge >= 0.3 is 0 Å². The molecule has 2 rings (SSSR count). The van der Waals surface area contributed by atoms with Crippen molar-refractivity contribution in [1.29, 1.82) is 0 Å². The number of nitrogens with zero attached hydrogens (tertiary/aromatic N) is 2. The van der Waals surface area contributed by atoms with E-state index in [0.29, 0.717) is 23.6 Å². The largest absolute Gasteiger partial charge is 0.359 e. The maximum absolute atomic E-state index is 12.2. The summed E-state index contributed by atoms with van der Waals surface area (Å²) in [6.45, 7) is 4.39. The van der Waals surface area contributed by atoms with Gasteiger partial charge in [0.15, 0.2) is 5.96 Å². The summed E-state index contributed by atoms with van der Waals surface area (Å²) in [7, 11) is 1.67. The number of rotatable bonds is 6. The average Bonchev–Trinajstić information content (AvgIpc) is 2.71. The van der Waals surface area contributed by atoms with Crippen LogP contribution in [0.5, 0.6) is 0 Å². The number of likely N-dealkylation sites (tertiary alicyclic amines) is 1. The first-order valence-corrected chi connectivity index (χ1v) is 9.66. The molecule has 0 bridgehead atoms. The molecule has 1 aliphatic heterocycles. The molecular weight excluding hydrogens is 481 g/mol. The number of nitrogens with one attached hydrogen (secondary N) is 3. The lowest BCUT2D eigenvalue weighted by molar-refractivity contribution is -0.121. The van der Waals surface area contributed by atoms with Crippen molar-refractivity contribution in [2.45, 2.75) is 26.2 Å². The van der Waals surface area contributed by atoms with Crippen LogP contribution in [0.15, 0.2) is 29.3 Å². The van der Waals surface area contributed by atoms with Gasteiger partial charge in [-0.25, -0.2) is 4.99 Å². The predicted octanol–water partition coefficient (Wildman–Crippen LogP) is 2.04. The van der Waals surface area contributed by atoms with Gasteiger partial charge in [-0.15, -0.1) is 30.4 Å². The number of guanidine groups is 1. The number of piperidine rings is 1. The van der Waals surface area contributed by atoms with Gasteiger partial charge in [-0.3, -0.25) is 9.59 Å². The molecule has 1 aromatic rings. The molecule has 158 valence electrons. The number of hydrogen-bond acceptors (Lipinski definition) is 3. The molecule has 0 aliphatic carbocycles. The number of terminal acetylenes is 1. The zero-order valence-electron chi connectivity index (χ0n) is 17.0. The third kappa shape index (κ3) is 8.31. The summed E-state index contributed by atoms with van der Waals surface area (Å²) in [6.07, 6.45) is 7.82. The molecule has 29 heavy (non-hydrogen) atoms. The molecular formula is C21H30IN5O2. The molecule has 0 spiro atoms. The first-order chi connectivity index (χ1) is 13.5. The molecule has 2 amide bonds. The van der Waals surface area contributed by atoms with E-state index in [4.69, 9.17) is 6.42 Å². The van der Waals surface area contributed by atoms with Gasteiger partial charge in [0.25, 0.3) is 0 Å². The molecule has 0 unspecified atom stereocenters. The third-order valence-electron chi connectivity index (χ3n) is 4.69. The van der Waals surface area contributed by atoms with Gasteiger partial charge in [0.2, 0.25) is 11.8 Å². The van der Waals surface area contributed by atoms with Crippen LogP contribution in [0, 0.1) is 18.3 Å².